The van der Waals surface area contributed by atoms with Gasteiger partial charge in [-0.05, 0) is 73.5 Å². The molecular formula is C24H27FN2O. The lowest BCUT2D eigenvalue weighted by Gasteiger charge is -2.38. The van der Waals surface area contributed by atoms with Crippen LogP contribution in [-0.4, -0.2) is 41.4 Å². The Morgan fingerprint density at radius 2 is 1.82 bits per heavy atom. The van der Waals surface area contributed by atoms with Crippen LogP contribution in [0.1, 0.15) is 48.4 Å². The Bertz CT molecular complexity index is 865. The number of halogens is 1. The third-order valence-corrected chi connectivity index (χ3v) is 6.97. The standard InChI is InChI=1S/C24H27FN2O/c25-20-9-7-18(8-10-20)24-21-5-2-1-4-17(21)12-15-27(24)23(28)16-19-11-14-26-13-3-6-22(19)26/h1-2,4-5,7-10,19,22,24H,3,6,11-16H2/t19-,22+,24-/m0/s1. The second kappa shape index (κ2) is 7.32. The summed E-state index contributed by atoms with van der Waals surface area (Å²) >= 11 is 0. The van der Waals surface area contributed by atoms with E-state index in [4.69, 9.17) is 0 Å². The van der Waals surface area contributed by atoms with Gasteiger partial charge < -0.3 is 9.80 Å². The first-order valence-electron chi connectivity index (χ1n) is 10.6. The second-order valence-corrected chi connectivity index (χ2v) is 8.49. The molecule has 0 aromatic heterocycles. The first-order chi connectivity index (χ1) is 13.7. The molecule has 0 bridgehead atoms. The number of nitrogens with zero attached hydrogens (tertiary/aromatic N) is 2. The Kier molecular flexibility index (Phi) is 4.67. The zero-order valence-corrected chi connectivity index (χ0v) is 16.2. The molecule has 3 heterocycles. The van der Waals surface area contributed by atoms with Crippen molar-refractivity contribution in [1.82, 2.24) is 9.80 Å². The van der Waals surface area contributed by atoms with E-state index in [9.17, 15) is 9.18 Å². The van der Waals surface area contributed by atoms with Gasteiger partial charge in [0.15, 0.2) is 0 Å². The Morgan fingerprint density at radius 1 is 1.00 bits per heavy atom. The van der Waals surface area contributed by atoms with Gasteiger partial charge in [-0.2, -0.15) is 0 Å². The van der Waals surface area contributed by atoms with E-state index in [2.05, 4.69) is 23.1 Å². The van der Waals surface area contributed by atoms with E-state index in [0.29, 0.717) is 18.4 Å². The lowest BCUT2D eigenvalue weighted by Crippen LogP contribution is -2.42. The SMILES string of the molecule is O=C(C[C@@H]1CCN2CCC[C@H]12)N1CCc2ccccc2[C@@H]1c1ccc(F)cc1. The number of benzene rings is 2. The quantitative estimate of drug-likeness (QED) is 0.800. The van der Waals surface area contributed by atoms with Gasteiger partial charge in [-0.25, -0.2) is 4.39 Å². The van der Waals surface area contributed by atoms with E-state index < -0.39 is 0 Å². The molecule has 0 N–H and O–H groups in total. The lowest BCUT2D eigenvalue weighted by molar-refractivity contribution is -0.134. The molecule has 3 aliphatic rings. The summed E-state index contributed by atoms with van der Waals surface area (Å²) < 4.78 is 13.5. The summed E-state index contributed by atoms with van der Waals surface area (Å²) in [6, 6.07) is 15.5. The van der Waals surface area contributed by atoms with Crippen LogP contribution < -0.4 is 0 Å². The van der Waals surface area contributed by atoms with Crippen LogP contribution in [0.4, 0.5) is 4.39 Å². The van der Waals surface area contributed by atoms with E-state index in [1.807, 2.05) is 23.1 Å². The third kappa shape index (κ3) is 3.14. The van der Waals surface area contributed by atoms with Crippen LogP contribution in [0.15, 0.2) is 48.5 Å². The fourth-order valence-corrected chi connectivity index (χ4v) is 5.61. The summed E-state index contributed by atoms with van der Waals surface area (Å²) in [5.41, 5.74) is 3.47. The van der Waals surface area contributed by atoms with Crippen LogP contribution >= 0.6 is 0 Å². The first-order valence-corrected chi connectivity index (χ1v) is 10.6. The van der Waals surface area contributed by atoms with Crippen molar-refractivity contribution >= 4 is 5.91 Å². The van der Waals surface area contributed by atoms with Gasteiger partial charge in [0.25, 0.3) is 0 Å². The summed E-state index contributed by atoms with van der Waals surface area (Å²) in [4.78, 5) is 18.1. The Labute approximate surface area is 166 Å². The number of hydrogen-bond acceptors (Lipinski definition) is 2. The smallest absolute Gasteiger partial charge is 0.223 e. The number of carbonyl (C=O) groups is 1. The number of rotatable bonds is 3. The van der Waals surface area contributed by atoms with E-state index in [0.717, 1.165) is 31.5 Å². The van der Waals surface area contributed by atoms with Crippen LogP contribution in [-0.2, 0) is 11.2 Å². The molecule has 2 fully saturated rings. The highest BCUT2D eigenvalue weighted by Crippen LogP contribution is 2.39. The molecule has 0 aliphatic carbocycles. The van der Waals surface area contributed by atoms with Crippen LogP contribution in [0.25, 0.3) is 0 Å². The van der Waals surface area contributed by atoms with E-state index in [1.165, 1.54) is 42.6 Å². The van der Waals surface area contributed by atoms with Crippen LogP contribution in [0.2, 0.25) is 0 Å². The highest BCUT2D eigenvalue weighted by atomic mass is 19.1. The fourth-order valence-electron chi connectivity index (χ4n) is 5.61. The minimum absolute atomic E-state index is 0.112. The molecule has 28 heavy (non-hydrogen) atoms. The second-order valence-electron chi connectivity index (χ2n) is 8.49. The molecule has 3 atom stereocenters. The Balaban J connectivity index is 1.43. The number of hydrogen-bond donors (Lipinski definition) is 0. The normalized spacial score (nSPS) is 26.9. The van der Waals surface area contributed by atoms with Gasteiger partial charge in [-0.15, -0.1) is 0 Å². The van der Waals surface area contributed by atoms with Crippen molar-refractivity contribution in [2.45, 2.75) is 44.2 Å². The van der Waals surface area contributed by atoms with Gasteiger partial charge in [-0.1, -0.05) is 36.4 Å². The maximum Gasteiger partial charge on any atom is 0.223 e. The minimum Gasteiger partial charge on any atom is -0.331 e. The zero-order chi connectivity index (χ0) is 19.1. The highest BCUT2D eigenvalue weighted by Gasteiger charge is 2.40. The van der Waals surface area contributed by atoms with Crippen molar-refractivity contribution in [3.05, 3.63) is 71.0 Å². The van der Waals surface area contributed by atoms with Crippen LogP contribution in [0.5, 0.6) is 0 Å². The molecule has 2 saturated heterocycles. The van der Waals surface area contributed by atoms with Gasteiger partial charge >= 0.3 is 0 Å². The molecule has 146 valence electrons. The van der Waals surface area contributed by atoms with Crippen molar-refractivity contribution < 1.29 is 9.18 Å². The molecule has 2 aromatic rings. The van der Waals surface area contributed by atoms with Crippen LogP contribution in [0.3, 0.4) is 0 Å². The molecule has 0 spiro atoms. The number of carbonyl (C=O) groups excluding carboxylic acids is 1. The molecule has 3 nitrogen and oxygen atoms in total. The molecule has 0 unspecified atom stereocenters. The molecule has 4 heteroatoms. The Morgan fingerprint density at radius 3 is 2.68 bits per heavy atom. The van der Waals surface area contributed by atoms with Gasteiger partial charge in [0.1, 0.15) is 5.82 Å². The molecule has 0 saturated carbocycles. The zero-order valence-electron chi connectivity index (χ0n) is 16.2. The van der Waals surface area contributed by atoms with Crippen molar-refractivity contribution in [3.8, 4) is 0 Å². The summed E-state index contributed by atoms with van der Waals surface area (Å²) in [7, 11) is 0. The van der Waals surface area contributed by atoms with Crippen molar-refractivity contribution in [3.63, 3.8) is 0 Å². The largest absolute Gasteiger partial charge is 0.331 e. The number of amides is 1. The van der Waals surface area contributed by atoms with Crippen molar-refractivity contribution in [1.29, 1.82) is 0 Å². The number of fused-ring (bicyclic) bond motifs is 2. The Hall–Kier alpha value is -2.20. The van der Waals surface area contributed by atoms with Gasteiger partial charge in [0.05, 0.1) is 6.04 Å². The average molecular weight is 378 g/mol. The molecule has 0 radical (unpaired) electrons. The lowest BCUT2D eigenvalue weighted by atomic mass is 9.87. The predicted molar refractivity (Wildman–Crippen MR) is 107 cm³/mol. The molecular weight excluding hydrogens is 351 g/mol. The summed E-state index contributed by atoms with van der Waals surface area (Å²) in [6.07, 6.45) is 5.18. The minimum atomic E-state index is -0.238. The first kappa shape index (κ1) is 17.9. The van der Waals surface area contributed by atoms with Crippen LogP contribution in [0, 0.1) is 11.7 Å². The predicted octanol–water partition coefficient (Wildman–Crippen LogP) is 4.17. The van der Waals surface area contributed by atoms with E-state index in [1.54, 1.807) is 0 Å². The van der Waals surface area contributed by atoms with Crippen molar-refractivity contribution in [2.75, 3.05) is 19.6 Å². The molecule has 5 rings (SSSR count). The summed E-state index contributed by atoms with van der Waals surface area (Å²) in [6.45, 7) is 3.08. The maximum atomic E-state index is 13.5. The fraction of sp³-hybridized carbons (Fsp3) is 0.458. The monoisotopic (exact) mass is 378 g/mol. The maximum absolute atomic E-state index is 13.5. The highest BCUT2D eigenvalue weighted by molar-refractivity contribution is 5.78. The summed E-state index contributed by atoms with van der Waals surface area (Å²) in [5.74, 6) is 0.501. The van der Waals surface area contributed by atoms with E-state index in [-0.39, 0.29) is 17.8 Å². The third-order valence-electron chi connectivity index (χ3n) is 6.97. The van der Waals surface area contributed by atoms with Crippen molar-refractivity contribution in [2.24, 2.45) is 5.92 Å². The molecule has 1 amide bonds. The van der Waals surface area contributed by atoms with E-state index >= 15 is 0 Å². The molecule has 3 aliphatic heterocycles. The van der Waals surface area contributed by atoms with Gasteiger partial charge in [0, 0.05) is 19.0 Å². The summed E-state index contributed by atoms with van der Waals surface area (Å²) in [5, 5.41) is 0. The van der Waals surface area contributed by atoms with Gasteiger partial charge in [0.2, 0.25) is 5.91 Å². The van der Waals surface area contributed by atoms with Gasteiger partial charge in [-0.3, -0.25) is 4.79 Å². The topological polar surface area (TPSA) is 23.6 Å². The average Bonchev–Trinajstić information content (AvgIpc) is 3.33. The molecule has 2 aromatic carbocycles.